The highest BCUT2D eigenvalue weighted by atomic mass is 32.2. The van der Waals surface area contributed by atoms with Gasteiger partial charge in [-0.3, -0.25) is 19.5 Å². The first-order valence-electron chi connectivity index (χ1n) is 14.3. The van der Waals surface area contributed by atoms with Crippen LogP contribution in [-0.4, -0.2) is 88.1 Å². The molecule has 2 aliphatic heterocycles. The van der Waals surface area contributed by atoms with E-state index >= 15 is 0 Å². The Labute approximate surface area is 262 Å². The first-order valence-corrected chi connectivity index (χ1v) is 15.2. The number of anilines is 4. The van der Waals surface area contributed by atoms with Gasteiger partial charge in [0.1, 0.15) is 22.7 Å². The minimum atomic E-state index is -4.53. The quantitative estimate of drug-likeness (QED) is 0.288. The van der Waals surface area contributed by atoms with Crippen molar-refractivity contribution >= 4 is 51.8 Å². The number of aliphatic hydroxyl groups is 1. The van der Waals surface area contributed by atoms with Crippen molar-refractivity contribution in [1.82, 2.24) is 14.9 Å². The monoisotopic (exact) mass is 642 g/mol. The molecule has 1 fully saturated rings. The van der Waals surface area contributed by atoms with Gasteiger partial charge in [0.15, 0.2) is 5.17 Å². The van der Waals surface area contributed by atoms with E-state index in [1.54, 1.807) is 13.0 Å². The number of hydrogen-bond acceptors (Lipinski definition) is 10. The van der Waals surface area contributed by atoms with Gasteiger partial charge in [-0.05, 0) is 49.7 Å². The number of hydrogen-bond donors (Lipinski definition) is 4. The molecule has 0 spiro atoms. The molecule has 0 aliphatic carbocycles. The van der Waals surface area contributed by atoms with Gasteiger partial charge in [-0.15, -0.1) is 0 Å². The van der Waals surface area contributed by atoms with E-state index in [1.165, 1.54) is 36.0 Å². The van der Waals surface area contributed by atoms with Crippen molar-refractivity contribution in [2.45, 2.75) is 25.3 Å². The SMILES string of the molecule is Cc1nc(NC2=NCC(C(=O)Nc3cc(C(=O)Nc4cccc(C(F)(F)F)c4)ccc3C)S2)cc(N2CCN(CCO)CC2)n1. The number of amidine groups is 1. The predicted octanol–water partition coefficient (Wildman–Crippen LogP) is 4.00. The number of benzene rings is 2. The van der Waals surface area contributed by atoms with E-state index in [0.717, 1.165) is 44.1 Å². The first kappa shape index (κ1) is 32.2. The molecule has 0 radical (unpaired) electrons. The number of aryl methyl sites for hydroxylation is 2. The van der Waals surface area contributed by atoms with Crippen molar-refractivity contribution in [3.05, 3.63) is 71.0 Å². The molecule has 45 heavy (non-hydrogen) atoms. The van der Waals surface area contributed by atoms with Crippen LogP contribution in [0.2, 0.25) is 0 Å². The number of aliphatic hydroxyl groups excluding tert-OH is 1. The smallest absolute Gasteiger partial charge is 0.395 e. The standard InChI is InChI=1S/C30H33F3N8O3S/c1-18-6-7-20(27(43)37-22-5-3-4-21(15-22)30(31,32)33)14-23(18)38-28(44)24-17-34-29(45-24)39-25-16-26(36-19(2)35-25)41-10-8-40(9-11-41)12-13-42/h3-7,14-16,24,42H,8-13,17H2,1-2H3,(H,37,43)(H,38,44)(H,34,35,36,39). The maximum absolute atomic E-state index is 13.2. The van der Waals surface area contributed by atoms with Crippen LogP contribution in [0.4, 0.5) is 36.2 Å². The summed E-state index contributed by atoms with van der Waals surface area (Å²) in [4.78, 5) is 43.9. The molecule has 0 bridgehead atoms. The number of aromatic nitrogens is 2. The summed E-state index contributed by atoms with van der Waals surface area (Å²) in [6.07, 6.45) is -4.53. The van der Waals surface area contributed by atoms with Crippen LogP contribution in [0.15, 0.2) is 53.5 Å². The maximum atomic E-state index is 13.2. The molecule has 15 heteroatoms. The Balaban J connectivity index is 1.18. The van der Waals surface area contributed by atoms with E-state index in [-0.39, 0.29) is 30.3 Å². The highest BCUT2D eigenvalue weighted by Crippen LogP contribution is 2.31. The number of nitrogens with one attached hydrogen (secondary N) is 3. The van der Waals surface area contributed by atoms with E-state index < -0.39 is 22.9 Å². The number of thioether (sulfide) groups is 1. The van der Waals surface area contributed by atoms with Crippen molar-refractivity contribution in [3.63, 3.8) is 0 Å². The summed E-state index contributed by atoms with van der Waals surface area (Å²) in [6.45, 7) is 7.82. The molecule has 4 N–H and O–H groups in total. The van der Waals surface area contributed by atoms with Crippen molar-refractivity contribution in [2.75, 3.05) is 66.7 Å². The Kier molecular flexibility index (Phi) is 9.90. The highest BCUT2D eigenvalue weighted by molar-refractivity contribution is 8.15. The number of amides is 2. The molecular weight excluding hydrogens is 609 g/mol. The summed E-state index contributed by atoms with van der Waals surface area (Å²) >= 11 is 1.26. The van der Waals surface area contributed by atoms with E-state index in [9.17, 15) is 27.9 Å². The molecule has 2 aliphatic rings. The molecule has 3 aromatic rings. The molecule has 1 aromatic heterocycles. The Morgan fingerprint density at radius 1 is 1.02 bits per heavy atom. The molecule has 1 atom stereocenters. The number of nitrogens with zero attached hydrogens (tertiary/aromatic N) is 5. The lowest BCUT2D eigenvalue weighted by molar-refractivity contribution is -0.137. The Morgan fingerprint density at radius 3 is 2.53 bits per heavy atom. The number of aliphatic imine (C=N–C) groups is 1. The number of alkyl halides is 3. The van der Waals surface area contributed by atoms with Crippen LogP contribution >= 0.6 is 11.8 Å². The van der Waals surface area contributed by atoms with E-state index in [4.69, 9.17) is 0 Å². The molecule has 3 heterocycles. The maximum Gasteiger partial charge on any atom is 0.416 e. The number of piperazine rings is 1. The van der Waals surface area contributed by atoms with Gasteiger partial charge in [-0.25, -0.2) is 9.97 Å². The third-order valence-electron chi connectivity index (χ3n) is 7.32. The third kappa shape index (κ3) is 8.29. The zero-order chi connectivity index (χ0) is 32.1. The van der Waals surface area contributed by atoms with Gasteiger partial charge in [0.25, 0.3) is 5.91 Å². The van der Waals surface area contributed by atoms with Crippen LogP contribution in [0, 0.1) is 13.8 Å². The summed E-state index contributed by atoms with van der Waals surface area (Å²) in [5, 5.41) is 17.7. The topological polar surface area (TPSA) is 135 Å². The fraction of sp³-hybridized carbons (Fsp3) is 0.367. The summed E-state index contributed by atoms with van der Waals surface area (Å²) in [7, 11) is 0. The van der Waals surface area contributed by atoms with Crippen molar-refractivity contribution < 1.29 is 27.9 Å². The molecule has 0 saturated carbocycles. The van der Waals surface area contributed by atoms with Gasteiger partial charge < -0.3 is 26.0 Å². The number of β-amino-alcohol motifs (C(OH)–C–C–N with tert-alkyl or cyclic N) is 1. The number of rotatable bonds is 8. The van der Waals surface area contributed by atoms with Crippen LogP contribution in [-0.2, 0) is 11.0 Å². The van der Waals surface area contributed by atoms with Crippen LogP contribution in [0.3, 0.4) is 0 Å². The molecule has 5 rings (SSSR count). The van der Waals surface area contributed by atoms with Gasteiger partial charge in [0.2, 0.25) is 5.91 Å². The van der Waals surface area contributed by atoms with E-state index in [2.05, 4.69) is 40.7 Å². The normalized spacial score (nSPS) is 17.2. The average Bonchev–Trinajstić information content (AvgIpc) is 3.47. The van der Waals surface area contributed by atoms with Gasteiger partial charge >= 0.3 is 6.18 Å². The molecular formula is C30H33F3N8O3S. The molecule has 238 valence electrons. The lowest BCUT2D eigenvalue weighted by Crippen LogP contribution is -2.47. The number of carbonyl (C=O) groups excluding carboxylic acids is 2. The van der Waals surface area contributed by atoms with E-state index in [0.29, 0.717) is 34.6 Å². The highest BCUT2D eigenvalue weighted by Gasteiger charge is 2.31. The average molecular weight is 643 g/mol. The predicted molar refractivity (Wildman–Crippen MR) is 169 cm³/mol. The summed E-state index contributed by atoms with van der Waals surface area (Å²) in [5.41, 5.74) is 0.435. The van der Waals surface area contributed by atoms with Crippen molar-refractivity contribution in [2.24, 2.45) is 4.99 Å². The summed E-state index contributed by atoms with van der Waals surface area (Å²) < 4.78 is 39.2. The number of halogens is 3. The molecule has 1 unspecified atom stereocenters. The summed E-state index contributed by atoms with van der Waals surface area (Å²) in [5.74, 6) is 1.04. The van der Waals surface area contributed by atoms with Crippen LogP contribution in [0.1, 0.15) is 27.3 Å². The lowest BCUT2D eigenvalue weighted by atomic mass is 10.1. The second kappa shape index (κ2) is 13.8. The lowest BCUT2D eigenvalue weighted by Gasteiger charge is -2.35. The molecule has 1 saturated heterocycles. The van der Waals surface area contributed by atoms with Gasteiger partial charge in [0.05, 0.1) is 18.7 Å². The Bertz CT molecular complexity index is 1590. The Hall–Kier alpha value is -4.21. The summed E-state index contributed by atoms with van der Waals surface area (Å²) in [6, 6.07) is 10.9. The van der Waals surface area contributed by atoms with Gasteiger partial charge in [-0.1, -0.05) is 23.9 Å². The fourth-order valence-corrected chi connectivity index (χ4v) is 5.79. The van der Waals surface area contributed by atoms with E-state index in [1.807, 2.05) is 13.0 Å². The third-order valence-corrected chi connectivity index (χ3v) is 8.43. The molecule has 2 aromatic carbocycles. The van der Waals surface area contributed by atoms with Crippen molar-refractivity contribution in [3.8, 4) is 0 Å². The zero-order valence-electron chi connectivity index (χ0n) is 24.7. The molecule has 2 amide bonds. The Morgan fingerprint density at radius 2 is 1.80 bits per heavy atom. The zero-order valence-corrected chi connectivity index (χ0v) is 25.5. The first-order chi connectivity index (χ1) is 21.5. The van der Waals surface area contributed by atoms with Crippen LogP contribution in [0.5, 0.6) is 0 Å². The molecule has 11 nitrogen and oxygen atoms in total. The second-order valence-electron chi connectivity index (χ2n) is 10.6. The van der Waals surface area contributed by atoms with Crippen molar-refractivity contribution in [1.29, 1.82) is 0 Å². The fourth-order valence-electron chi connectivity index (χ4n) is 4.90. The second-order valence-corrected chi connectivity index (χ2v) is 11.8. The minimum Gasteiger partial charge on any atom is -0.395 e. The van der Waals surface area contributed by atoms with Crippen LogP contribution in [0.25, 0.3) is 0 Å². The number of carbonyl (C=O) groups is 2. The largest absolute Gasteiger partial charge is 0.416 e. The van der Waals surface area contributed by atoms with Crippen LogP contribution < -0.4 is 20.9 Å². The minimum absolute atomic E-state index is 0.00661. The van der Waals surface area contributed by atoms with Gasteiger partial charge in [-0.2, -0.15) is 13.2 Å². The van der Waals surface area contributed by atoms with Gasteiger partial charge in [0, 0.05) is 55.7 Å².